The van der Waals surface area contributed by atoms with Crippen LogP contribution in [0.1, 0.15) is 47.5 Å². The van der Waals surface area contributed by atoms with Gasteiger partial charge in [-0.05, 0) is 35.5 Å². The fourth-order valence-corrected chi connectivity index (χ4v) is 8.83. The lowest BCUT2D eigenvalue weighted by Gasteiger charge is -2.71. The highest BCUT2D eigenvalue weighted by atomic mass is 79.9. The summed E-state index contributed by atoms with van der Waals surface area (Å²) in [4.78, 5) is 12.1. The van der Waals surface area contributed by atoms with E-state index in [0.717, 1.165) is 12.8 Å². The molecule has 3 saturated carbocycles. The number of esters is 1. The number of ether oxygens (including phenoxy) is 1. The molecule has 0 radical (unpaired) electrons. The first kappa shape index (κ1) is 17.2. The summed E-state index contributed by atoms with van der Waals surface area (Å²) in [6, 6.07) is 0. The molecule has 3 fully saturated rings. The van der Waals surface area contributed by atoms with Gasteiger partial charge in [-0.1, -0.05) is 59.6 Å². The second-order valence-corrected chi connectivity index (χ2v) is 10.4. The molecule has 0 aromatic heterocycles. The second kappa shape index (κ2) is 4.95. The molecule has 3 rings (SSSR count). The number of halogens is 2. The Morgan fingerprint density at radius 1 is 1.14 bits per heavy atom. The minimum atomic E-state index is -0.418. The first-order valence-electron chi connectivity index (χ1n) is 8.17. The zero-order valence-electron chi connectivity index (χ0n) is 13.9. The van der Waals surface area contributed by atoms with E-state index in [1.54, 1.807) is 0 Å². The van der Waals surface area contributed by atoms with Crippen molar-refractivity contribution in [2.75, 3.05) is 0 Å². The van der Waals surface area contributed by atoms with Gasteiger partial charge in [0.15, 0.2) is 0 Å². The zero-order valence-corrected chi connectivity index (χ0v) is 17.1. The van der Waals surface area contributed by atoms with Crippen LogP contribution in [0.5, 0.6) is 0 Å². The molecule has 3 aliphatic rings. The van der Waals surface area contributed by atoms with Crippen LogP contribution >= 0.6 is 31.9 Å². The standard InChI is InChI=1S/C17H26Br2O3/c1-8-13(19)14(21)9(2)17-12(22-10(3)20)7-16(17,5)11(18)6-15(8,17)4/h8-9,11-14,21H,6-7H2,1-5H3. The van der Waals surface area contributed by atoms with Crippen LogP contribution in [0.25, 0.3) is 0 Å². The highest BCUT2D eigenvalue weighted by Gasteiger charge is 2.82. The lowest BCUT2D eigenvalue weighted by molar-refractivity contribution is -0.286. The van der Waals surface area contributed by atoms with E-state index in [-0.39, 0.29) is 39.1 Å². The Hall–Kier alpha value is 0.390. The summed E-state index contributed by atoms with van der Waals surface area (Å²) in [5, 5.41) is 10.8. The lowest BCUT2D eigenvalue weighted by Crippen LogP contribution is -2.74. The highest BCUT2D eigenvalue weighted by Crippen LogP contribution is 2.82. The molecule has 0 bridgehead atoms. The summed E-state index contributed by atoms with van der Waals surface area (Å²) in [7, 11) is 0. The quantitative estimate of drug-likeness (QED) is 0.499. The smallest absolute Gasteiger partial charge is 0.302 e. The van der Waals surface area contributed by atoms with Gasteiger partial charge in [-0.25, -0.2) is 0 Å². The van der Waals surface area contributed by atoms with Gasteiger partial charge in [0, 0.05) is 22.0 Å². The maximum Gasteiger partial charge on any atom is 0.302 e. The van der Waals surface area contributed by atoms with E-state index in [0.29, 0.717) is 10.7 Å². The molecule has 1 N–H and O–H groups in total. The van der Waals surface area contributed by atoms with Crippen LogP contribution in [0, 0.1) is 28.1 Å². The summed E-state index contributed by atoms with van der Waals surface area (Å²) in [5.74, 6) is 0.194. The molecule has 126 valence electrons. The predicted molar refractivity (Wildman–Crippen MR) is 93.2 cm³/mol. The Morgan fingerprint density at radius 2 is 1.73 bits per heavy atom. The molecule has 1 spiro atoms. The number of carbonyl (C=O) groups excluding carboxylic acids is 1. The summed E-state index contributed by atoms with van der Waals surface area (Å²) < 4.78 is 5.76. The van der Waals surface area contributed by atoms with Gasteiger partial charge in [0.1, 0.15) is 6.10 Å². The number of carbonyl (C=O) groups is 1. The van der Waals surface area contributed by atoms with Crippen molar-refractivity contribution in [1.82, 2.24) is 0 Å². The topological polar surface area (TPSA) is 46.5 Å². The monoisotopic (exact) mass is 436 g/mol. The maximum absolute atomic E-state index is 11.6. The average Bonchev–Trinajstić information content (AvgIpc) is 2.55. The Morgan fingerprint density at radius 3 is 2.27 bits per heavy atom. The number of hydrogen-bond acceptors (Lipinski definition) is 3. The highest BCUT2D eigenvalue weighted by molar-refractivity contribution is 9.09. The molecule has 3 nitrogen and oxygen atoms in total. The van der Waals surface area contributed by atoms with Crippen LogP contribution in [-0.2, 0) is 9.53 Å². The molecule has 0 aromatic carbocycles. The normalized spacial score (nSPS) is 60.2. The molecule has 22 heavy (non-hydrogen) atoms. The van der Waals surface area contributed by atoms with Crippen LogP contribution in [0.4, 0.5) is 0 Å². The molecule has 0 amide bonds. The van der Waals surface area contributed by atoms with Gasteiger partial charge in [0.2, 0.25) is 0 Å². The van der Waals surface area contributed by atoms with Crippen LogP contribution in [0.3, 0.4) is 0 Å². The third kappa shape index (κ3) is 1.64. The van der Waals surface area contributed by atoms with Crippen molar-refractivity contribution in [3.63, 3.8) is 0 Å². The molecule has 3 aliphatic carbocycles. The average molecular weight is 438 g/mol. The summed E-state index contributed by atoms with van der Waals surface area (Å²) in [6.07, 6.45) is 1.43. The number of alkyl halides is 2. The SMILES string of the molecule is CC(=O)OC1CC2(C)C(Br)CC3(C)C(C)C(Br)C(O)C(C)C123. The Labute approximate surface area is 149 Å². The number of hydrogen-bond donors (Lipinski definition) is 1. The lowest BCUT2D eigenvalue weighted by atomic mass is 9.35. The second-order valence-electron chi connectivity index (χ2n) is 8.19. The van der Waals surface area contributed by atoms with Gasteiger partial charge < -0.3 is 9.84 Å². The third-order valence-corrected chi connectivity index (χ3v) is 10.3. The van der Waals surface area contributed by atoms with Gasteiger partial charge in [0.25, 0.3) is 0 Å². The molecule has 5 heteroatoms. The first-order chi connectivity index (χ1) is 10.0. The molecule has 0 aromatic rings. The largest absolute Gasteiger partial charge is 0.462 e. The van der Waals surface area contributed by atoms with E-state index in [2.05, 4.69) is 59.6 Å². The van der Waals surface area contributed by atoms with Crippen molar-refractivity contribution in [1.29, 1.82) is 0 Å². The number of aliphatic hydroxyl groups is 1. The number of rotatable bonds is 1. The van der Waals surface area contributed by atoms with Crippen molar-refractivity contribution in [3.05, 3.63) is 0 Å². The van der Waals surface area contributed by atoms with E-state index in [1.807, 2.05) is 0 Å². The molecular formula is C17H26Br2O3. The van der Waals surface area contributed by atoms with Crippen LogP contribution in [0.2, 0.25) is 0 Å². The van der Waals surface area contributed by atoms with Gasteiger partial charge >= 0.3 is 5.97 Å². The Balaban J connectivity index is 2.16. The van der Waals surface area contributed by atoms with E-state index in [4.69, 9.17) is 4.74 Å². The van der Waals surface area contributed by atoms with Crippen molar-refractivity contribution in [2.24, 2.45) is 28.1 Å². The summed E-state index contributed by atoms with van der Waals surface area (Å²) in [6.45, 7) is 10.5. The maximum atomic E-state index is 11.6. The third-order valence-electron chi connectivity index (χ3n) is 7.65. The zero-order chi connectivity index (χ0) is 16.7. The van der Waals surface area contributed by atoms with E-state index in [1.165, 1.54) is 6.92 Å². The summed E-state index contributed by atoms with van der Waals surface area (Å²) >= 11 is 7.66. The molecule has 0 heterocycles. The van der Waals surface area contributed by atoms with Gasteiger partial charge in [-0.3, -0.25) is 4.79 Å². The van der Waals surface area contributed by atoms with Crippen LogP contribution in [-0.4, -0.2) is 32.9 Å². The summed E-state index contributed by atoms with van der Waals surface area (Å²) in [5.41, 5.74) is -0.0757. The fourth-order valence-electron chi connectivity index (χ4n) is 6.55. The van der Waals surface area contributed by atoms with Crippen molar-refractivity contribution < 1.29 is 14.6 Å². The van der Waals surface area contributed by atoms with E-state index < -0.39 is 6.10 Å². The molecule has 9 atom stereocenters. The van der Waals surface area contributed by atoms with Gasteiger partial charge in [0.05, 0.1) is 6.10 Å². The Kier molecular flexibility index (Phi) is 3.87. The Bertz CT molecular complexity index is 512. The predicted octanol–water partition coefficient (Wildman–Crippen LogP) is 3.90. The fraction of sp³-hybridized carbons (Fsp3) is 0.941. The molecule has 9 unspecified atom stereocenters. The first-order valence-corrected chi connectivity index (χ1v) is 10.0. The molecule has 0 aliphatic heterocycles. The number of aliphatic hydroxyl groups excluding tert-OH is 1. The molecule has 0 saturated heterocycles. The van der Waals surface area contributed by atoms with Crippen molar-refractivity contribution in [2.45, 2.75) is 69.3 Å². The van der Waals surface area contributed by atoms with Crippen molar-refractivity contribution >= 4 is 37.8 Å². The minimum Gasteiger partial charge on any atom is -0.462 e. The van der Waals surface area contributed by atoms with E-state index >= 15 is 0 Å². The van der Waals surface area contributed by atoms with Crippen LogP contribution < -0.4 is 0 Å². The van der Waals surface area contributed by atoms with Gasteiger partial charge in [-0.2, -0.15) is 0 Å². The minimum absolute atomic E-state index is 0.0289. The van der Waals surface area contributed by atoms with Gasteiger partial charge in [-0.15, -0.1) is 0 Å². The molecular weight excluding hydrogens is 412 g/mol. The van der Waals surface area contributed by atoms with Crippen molar-refractivity contribution in [3.8, 4) is 0 Å². The van der Waals surface area contributed by atoms with Crippen LogP contribution in [0.15, 0.2) is 0 Å². The van der Waals surface area contributed by atoms with E-state index in [9.17, 15) is 9.90 Å².